The summed E-state index contributed by atoms with van der Waals surface area (Å²) < 4.78 is 0. The summed E-state index contributed by atoms with van der Waals surface area (Å²) in [6.07, 6.45) is 5.04. The molecule has 0 atom stereocenters. The molecule has 0 amide bonds. The highest BCUT2D eigenvalue weighted by Crippen LogP contribution is 2.41. The number of rotatable bonds is 2. The van der Waals surface area contributed by atoms with Crippen LogP contribution in [0.5, 0.6) is 0 Å². The lowest BCUT2D eigenvalue weighted by atomic mass is 9.79. The summed E-state index contributed by atoms with van der Waals surface area (Å²) in [4.78, 5) is 18.4. The number of carbonyl (C=O) groups is 1. The van der Waals surface area contributed by atoms with Crippen molar-refractivity contribution in [2.75, 3.05) is 0 Å². The number of carboxylic acid groups (broad SMARTS) is 1. The van der Waals surface area contributed by atoms with Crippen molar-refractivity contribution < 1.29 is 9.90 Å². The van der Waals surface area contributed by atoms with Crippen molar-refractivity contribution in [1.29, 1.82) is 0 Å². The zero-order valence-electron chi connectivity index (χ0n) is 8.73. The summed E-state index contributed by atoms with van der Waals surface area (Å²) in [5.41, 5.74) is 2.86. The van der Waals surface area contributed by atoms with Gasteiger partial charge in [-0.2, -0.15) is 0 Å². The molecule has 2 aromatic heterocycles. The Morgan fingerprint density at radius 1 is 1.50 bits per heavy atom. The highest BCUT2D eigenvalue weighted by atomic mass is 16.4. The van der Waals surface area contributed by atoms with E-state index in [4.69, 9.17) is 0 Å². The SMILES string of the molecule is O=C(O)c1[nH]c2cccnc2c1C1CCC1. The van der Waals surface area contributed by atoms with Crippen LogP contribution in [0.2, 0.25) is 0 Å². The zero-order chi connectivity index (χ0) is 11.1. The second-order valence-electron chi connectivity index (χ2n) is 4.25. The van der Waals surface area contributed by atoms with Crippen LogP contribution in [-0.2, 0) is 0 Å². The molecular formula is C12H12N2O2. The van der Waals surface area contributed by atoms with E-state index in [1.54, 1.807) is 6.20 Å². The first-order valence-corrected chi connectivity index (χ1v) is 5.47. The highest BCUT2D eigenvalue weighted by Gasteiger charge is 2.28. The van der Waals surface area contributed by atoms with Crippen LogP contribution in [0.4, 0.5) is 0 Å². The molecule has 3 rings (SSSR count). The number of hydrogen-bond donors (Lipinski definition) is 2. The maximum atomic E-state index is 11.2. The van der Waals surface area contributed by atoms with E-state index in [1.807, 2.05) is 12.1 Å². The van der Waals surface area contributed by atoms with Crippen molar-refractivity contribution in [2.45, 2.75) is 25.2 Å². The fourth-order valence-electron chi connectivity index (χ4n) is 2.30. The fraction of sp³-hybridized carbons (Fsp3) is 0.333. The molecular weight excluding hydrogens is 204 g/mol. The number of nitrogens with zero attached hydrogens (tertiary/aromatic N) is 1. The third-order valence-electron chi connectivity index (χ3n) is 3.32. The first-order valence-electron chi connectivity index (χ1n) is 5.47. The molecule has 1 saturated carbocycles. The second kappa shape index (κ2) is 3.33. The summed E-state index contributed by atoms with van der Waals surface area (Å²) in [7, 11) is 0. The van der Waals surface area contributed by atoms with Gasteiger partial charge in [0.2, 0.25) is 0 Å². The van der Waals surface area contributed by atoms with Crippen LogP contribution >= 0.6 is 0 Å². The number of hydrogen-bond acceptors (Lipinski definition) is 2. The Morgan fingerprint density at radius 3 is 2.94 bits per heavy atom. The first-order chi connectivity index (χ1) is 7.77. The second-order valence-corrected chi connectivity index (χ2v) is 4.25. The molecule has 16 heavy (non-hydrogen) atoms. The lowest BCUT2D eigenvalue weighted by molar-refractivity contribution is 0.0689. The minimum atomic E-state index is -0.889. The number of H-pyrrole nitrogens is 1. The summed E-state index contributed by atoms with van der Waals surface area (Å²) in [5.74, 6) is -0.519. The highest BCUT2D eigenvalue weighted by molar-refractivity contribution is 5.96. The normalized spacial score (nSPS) is 16.2. The minimum absolute atomic E-state index is 0.318. The van der Waals surface area contributed by atoms with Crippen LogP contribution in [0.3, 0.4) is 0 Å². The Bertz CT molecular complexity index is 555. The number of nitrogens with one attached hydrogen (secondary N) is 1. The number of aromatic nitrogens is 2. The van der Waals surface area contributed by atoms with Crippen molar-refractivity contribution >= 4 is 17.0 Å². The number of fused-ring (bicyclic) bond motifs is 1. The lowest BCUT2D eigenvalue weighted by Crippen LogP contribution is -2.13. The summed E-state index contributed by atoms with van der Waals surface area (Å²) in [5, 5.41) is 9.18. The van der Waals surface area contributed by atoms with Crippen molar-refractivity contribution in [3.05, 3.63) is 29.6 Å². The Morgan fingerprint density at radius 2 is 2.31 bits per heavy atom. The molecule has 2 aromatic rings. The molecule has 0 saturated heterocycles. The predicted molar refractivity (Wildman–Crippen MR) is 59.6 cm³/mol. The topological polar surface area (TPSA) is 66.0 Å². The molecule has 2 heterocycles. The molecule has 0 bridgehead atoms. The summed E-state index contributed by atoms with van der Waals surface area (Å²) >= 11 is 0. The molecule has 0 aliphatic heterocycles. The van der Waals surface area contributed by atoms with E-state index in [1.165, 1.54) is 6.42 Å². The van der Waals surface area contributed by atoms with Crippen molar-refractivity contribution in [3.63, 3.8) is 0 Å². The minimum Gasteiger partial charge on any atom is -0.477 e. The van der Waals surface area contributed by atoms with E-state index in [0.717, 1.165) is 29.4 Å². The maximum Gasteiger partial charge on any atom is 0.352 e. The third kappa shape index (κ3) is 1.23. The zero-order valence-corrected chi connectivity index (χ0v) is 8.73. The quantitative estimate of drug-likeness (QED) is 0.810. The van der Waals surface area contributed by atoms with Gasteiger partial charge in [-0.1, -0.05) is 6.42 Å². The molecule has 2 N–H and O–H groups in total. The Hall–Kier alpha value is -1.84. The van der Waals surface area contributed by atoms with Gasteiger partial charge in [-0.3, -0.25) is 4.98 Å². The van der Waals surface area contributed by atoms with Gasteiger partial charge in [0.15, 0.2) is 0 Å². The van der Waals surface area contributed by atoms with Crippen LogP contribution in [0, 0.1) is 0 Å². The molecule has 0 radical (unpaired) electrons. The van der Waals surface area contributed by atoms with Gasteiger partial charge in [-0.25, -0.2) is 4.79 Å². The van der Waals surface area contributed by atoms with Gasteiger partial charge in [0.1, 0.15) is 5.69 Å². The molecule has 82 valence electrons. The Kier molecular flexibility index (Phi) is 1.96. The molecule has 4 nitrogen and oxygen atoms in total. The molecule has 1 aliphatic rings. The van der Waals surface area contributed by atoms with Gasteiger partial charge in [0.25, 0.3) is 0 Å². The monoisotopic (exact) mass is 216 g/mol. The summed E-state index contributed by atoms with van der Waals surface area (Å²) in [6, 6.07) is 3.69. The maximum absolute atomic E-state index is 11.2. The van der Waals surface area contributed by atoms with Crippen LogP contribution in [0.15, 0.2) is 18.3 Å². The standard InChI is InChI=1S/C12H12N2O2/c15-12(16)11-9(7-3-1-4-7)10-8(14-11)5-2-6-13-10/h2,5-7,14H,1,3-4H2,(H,15,16). The molecule has 0 unspecified atom stereocenters. The van der Waals surface area contributed by atoms with Crippen molar-refractivity contribution in [2.24, 2.45) is 0 Å². The van der Waals surface area contributed by atoms with E-state index in [9.17, 15) is 9.90 Å². The first kappa shape index (κ1) is 9.39. The number of aromatic carboxylic acids is 1. The lowest BCUT2D eigenvalue weighted by Gasteiger charge is -2.25. The number of pyridine rings is 1. The van der Waals surface area contributed by atoms with Crippen LogP contribution in [0.1, 0.15) is 41.2 Å². The van der Waals surface area contributed by atoms with E-state index >= 15 is 0 Å². The van der Waals surface area contributed by atoms with Gasteiger partial charge in [-0.15, -0.1) is 0 Å². The molecule has 0 aromatic carbocycles. The average molecular weight is 216 g/mol. The van der Waals surface area contributed by atoms with Gasteiger partial charge >= 0.3 is 5.97 Å². The van der Waals surface area contributed by atoms with Crippen LogP contribution in [-0.4, -0.2) is 21.0 Å². The number of aromatic amines is 1. The third-order valence-corrected chi connectivity index (χ3v) is 3.32. The Labute approximate surface area is 92.3 Å². The van der Waals surface area contributed by atoms with Gasteiger partial charge in [0.05, 0.1) is 11.0 Å². The predicted octanol–water partition coefficient (Wildman–Crippen LogP) is 2.53. The van der Waals surface area contributed by atoms with Crippen molar-refractivity contribution in [3.8, 4) is 0 Å². The van der Waals surface area contributed by atoms with Crippen LogP contribution < -0.4 is 0 Å². The summed E-state index contributed by atoms with van der Waals surface area (Å²) in [6.45, 7) is 0. The number of carboxylic acids is 1. The molecule has 4 heteroatoms. The van der Waals surface area contributed by atoms with E-state index < -0.39 is 5.97 Å². The van der Waals surface area contributed by atoms with Crippen LogP contribution in [0.25, 0.3) is 11.0 Å². The van der Waals surface area contributed by atoms with Gasteiger partial charge in [-0.05, 0) is 30.9 Å². The largest absolute Gasteiger partial charge is 0.477 e. The average Bonchev–Trinajstić information content (AvgIpc) is 2.56. The molecule has 1 aliphatic carbocycles. The van der Waals surface area contributed by atoms with Gasteiger partial charge in [0, 0.05) is 11.8 Å². The molecule has 0 spiro atoms. The van der Waals surface area contributed by atoms with Crippen molar-refractivity contribution in [1.82, 2.24) is 9.97 Å². The van der Waals surface area contributed by atoms with E-state index in [2.05, 4.69) is 9.97 Å². The molecule has 1 fully saturated rings. The fourth-order valence-corrected chi connectivity index (χ4v) is 2.30. The van der Waals surface area contributed by atoms with Gasteiger partial charge < -0.3 is 10.1 Å². The van der Waals surface area contributed by atoms with E-state index in [0.29, 0.717) is 11.6 Å². The smallest absolute Gasteiger partial charge is 0.352 e. The van der Waals surface area contributed by atoms with E-state index in [-0.39, 0.29) is 0 Å². The Balaban J connectivity index is 2.26.